The van der Waals surface area contributed by atoms with E-state index in [4.69, 9.17) is 4.74 Å². The van der Waals surface area contributed by atoms with E-state index in [2.05, 4.69) is 0 Å². The smallest absolute Gasteiger partial charge is 0.412 e. The Kier molecular flexibility index (Phi) is 6.43. The highest BCUT2D eigenvalue weighted by molar-refractivity contribution is 7.92. The average Bonchev–Trinajstić information content (AvgIpc) is 3.41. The molecule has 0 radical (unpaired) electrons. The zero-order valence-electron chi connectivity index (χ0n) is 20.2. The number of aromatic hydroxyl groups is 1. The number of phenols is 1. The fourth-order valence-electron chi connectivity index (χ4n) is 4.46. The molecule has 0 bridgehead atoms. The van der Waals surface area contributed by atoms with Gasteiger partial charge in [0.15, 0.2) is 5.82 Å². The molecule has 36 heavy (non-hydrogen) atoms. The van der Waals surface area contributed by atoms with Gasteiger partial charge in [0.1, 0.15) is 23.6 Å². The Balaban J connectivity index is 1.66. The van der Waals surface area contributed by atoms with E-state index in [1.165, 1.54) is 4.90 Å². The van der Waals surface area contributed by atoms with Crippen LogP contribution in [0.2, 0.25) is 0 Å². The molecular weight excluding hydrogens is 499 g/mol. The van der Waals surface area contributed by atoms with Crippen LogP contribution in [-0.4, -0.2) is 72.9 Å². The Morgan fingerprint density at radius 3 is 2.50 bits per heavy atom. The van der Waals surface area contributed by atoms with Crippen molar-refractivity contribution in [2.75, 3.05) is 28.8 Å². The van der Waals surface area contributed by atoms with Gasteiger partial charge in [0, 0.05) is 31.1 Å². The fraction of sp³-hybridized carbons (Fsp3) is 0.591. The molecule has 3 amide bonds. The van der Waals surface area contributed by atoms with Crippen LogP contribution in [0.25, 0.3) is 0 Å². The van der Waals surface area contributed by atoms with Gasteiger partial charge in [-0.15, -0.1) is 0 Å². The lowest BCUT2D eigenvalue weighted by Gasteiger charge is -2.31. The summed E-state index contributed by atoms with van der Waals surface area (Å²) in [7, 11) is -4.42. The van der Waals surface area contributed by atoms with Gasteiger partial charge in [0.2, 0.25) is 0 Å². The minimum absolute atomic E-state index is 0.0970. The number of halogens is 1. The third-order valence-electron chi connectivity index (χ3n) is 6.23. The number of fused-ring (bicyclic) bond motifs is 1. The van der Waals surface area contributed by atoms with Crippen molar-refractivity contribution in [2.45, 2.75) is 58.1 Å². The van der Waals surface area contributed by atoms with Crippen LogP contribution < -0.4 is 13.9 Å². The summed E-state index contributed by atoms with van der Waals surface area (Å²) in [5.41, 5.74) is -1.82. The first-order valence-electron chi connectivity index (χ1n) is 11.6. The van der Waals surface area contributed by atoms with Gasteiger partial charge in [-0.05, 0) is 33.1 Å². The molecule has 2 fully saturated rings. The molecule has 14 heteroatoms. The molecule has 4 rings (SSSR count). The molecule has 1 aliphatic carbocycles. The van der Waals surface area contributed by atoms with E-state index in [0.29, 0.717) is 16.8 Å². The number of carbonyl (C=O) groups excluding carboxylic acids is 2. The summed E-state index contributed by atoms with van der Waals surface area (Å²) in [6.07, 6.45) is 0.603. The van der Waals surface area contributed by atoms with Crippen molar-refractivity contribution in [2.24, 2.45) is 5.92 Å². The third-order valence-corrected chi connectivity index (χ3v) is 7.60. The number of phenolic OH excluding ortho intramolecular Hbond substituents is 1. The number of rotatable bonds is 6. The maximum Gasteiger partial charge on any atom is 0.412 e. The predicted molar refractivity (Wildman–Crippen MR) is 126 cm³/mol. The van der Waals surface area contributed by atoms with Crippen molar-refractivity contribution >= 4 is 39.7 Å². The molecule has 1 aromatic rings. The highest BCUT2D eigenvalue weighted by atomic mass is 32.2. The summed E-state index contributed by atoms with van der Waals surface area (Å²) < 4.78 is 47.7. The lowest BCUT2D eigenvalue weighted by Crippen LogP contribution is -2.48. The number of hydrogen-bond acceptors (Lipinski definition) is 7. The molecule has 1 saturated heterocycles. The first kappa shape index (κ1) is 25.8. The van der Waals surface area contributed by atoms with Gasteiger partial charge in [0.25, 0.3) is 5.91 Å². The maximum atomic E-state index is 15.6. The van der Waals surface area contributed by atoms with Gasteiger partial charge in [-0.25, -0.2) is 23.0 Å². The lowest BCUT2D eigenvalue weighted by atomic mass is 10.1. The number of hydrogen-bond donors (Lipinski definition) is 3. The molecule has 2 heterocycles. The molecule has 198 valence electrons. The van der Waals surface area contributed by atoms with Crippen LogP contribution in [0.5, 0.6) is 5.75 Å². The highest BCUT2D eigenvalue weighted by Crippen LogP contribution is 2.45. The monoisotopic (exact) mass is 528 g/mol. The number of anilines is 2. The summed E-state index contributed by atoms with van der Waals surface area (Å²) in [4.78, 5) is 38.9. The quantitative estimate of drug-likeness (QED) is 0.507. The van der Waals surface area contributed by atoms with E-state index in [9.17, 15) is 33.0 Å². The van der Waals surface area contributed by atoms with E-state index < -0.39 is 63.7 Å². The van der Waals surface area contributed by atoms with E-state index in [1.807, 2.05) is 0 Å². The molecule has 0 spiro atoms. The zero-order chi connectivity index (χ0) is 26.6. The molecule has 3 aliphatic rings. The third kappa shape index (κ3) is 5.13. The number of benzene rings is 1. The van der Waals surface area contributed by atoms with E-state index in [1.54, 1.807) is 25.5 Å². The molecular formula is C22H29FN4O8S. The Morgan fingerprint density at radius 2 is 1.97 bits per heavy atom. The van der Waals surface area contributed by atoms with Crippen LogP contribution >= 0.6 is 0 Å². The van der Waals surface area contributed by atoms with Crippen molar-refractivity contribution < 1.29 is 42.1 Å². The second-order valence-corrected chi connectivity index (χ2v) is 11.9. The number of amides is 3. The van der Waals surface area contributed by atoms with Crippen molar-refractivity contribution in [3.8, 4) is 5.75 Å². The average molecular weight is 529 g/mol. The highest BCUT2D eigenvalue weighted by Gasteiger charge is 2.43. The van der Waals surface area contributed by atoms with Gasteiger partial charge in [0.05, 0.1) is 11.7 Å². The molecule has 1 atom stereocenters. The van der Waals surface area contributed by atoms with Crippen LogP contribution in [-0.2, 0) is 26.2 Å². The number of carbonyl (C=O) groups is 3. The minimum Gasteiger partial charge on any atom is -0.506 e. The first-order chi connectivity index (χ1) is 16.7. The zero-order valence-corrected chi connectivity index (χ0v) is 21.0. The van der Waals surface area contributed by atoms with Gasteiger partial charge < -0.3 is 19.8 Å². The molecule has 2 aliphatic heterocycles. The molecule has 0 aromatic heterocycles. The summed E-state index contributed by atoms with van der Waals surface area (Å²) >= 11 is 0. The number of nitrogens with zero attached hydrogens (tertiary/aromatic N) is 3. The van der Waals surface area contributed by atoms with Crippen LogP contribution in [0, 0.1) is 11.7 Å². The topological polar surface area (TPSA) is 157 Å². The Morgan fingerprint density at radius 1 is 1.31 bits per heavy atom. The van der Waals surface area contributed by atoms with Gasteiger partial charge >= 0.3 is 22.4 Å². The predicted octanol–water partition coefficient (Wildman–Crippen LogP) is 2.16. The molecule has 1 aromatic carbocycles. The summed E-state index contributed by atoms with van der Waals surface area (Å²) in [6, 6.07) is 0.0469. The summed E-state index contributed by atoms with van der Waals surface area (Å²) in [5, 5.41) is 20.4. The largest absolute Gasteiger partial charge is 0.506 e. The second-order valence-electron chi connectivity index (χ2n) is 10.3. The first-order valence-corrected chi connectivity index (χ1v) is 13.0. The van der Waals surface area contributed by atoms with Crippen LogP contribution in [0.4, 0.5) is 25.4 Å². The van der Waals surface area contributed by atoms with Crippen LogP contribution in [0.3, 0.4) is 0 Å². The molecule has 3 N–H and O–H groups in total. The molecule has 0 unspecified atom stereocenters. The maximum absolute atomic E-state index is 15.6. The van der Waals surface area contributed by atoms with Gasteiger partial charge in [-0.3, -0.25) is 9.69 Å². The minimum atomic E-state index is -4.42. The van der Waals surface area contributed by atoms with Crippen molar-refractivity contribution in [3.05, 3.63) is 17.4 Å². The summed E-state index contributed by atoms with van der Waals surface area (Å²) in [5.74, 6) is -2.40. The normalized spacial score (nSPS) is 20.8. The number of nitrogens with one attached hydrogen (secondary N) is 1. The number of ether oxygens (including phenoxy) is 1. The van der Waals surface area contributed by atoms with E-state index in [0.717, 1.165) is 30.2 Å². The fourth-order valence-corrected chi connectivity index (χ4v) is 5.62. The van der Waals surface area contributed by atoms with Crippen LogP contribution in [0.1, 0.15) is 45.6 Å². The van der Waals surface area contributed by atoms with Crippen molar-refractivity contribution in [3.63, 3.8) is 0 Å². The Hall–Kier alpha value is -3.29. The standard InChI is InChI=1S/C22H29FN4O8S/c1-22(2,3)35-21(32)25(7-6-12-4-5-12)10-13-8-14-15(27(13)20(30)31)9-16(28)19(18(14)23)26-11-17(29)24-36(26,33)34/h9,12-13,28H,4-8,10-11H2,1-3H3,(H,24,29)(H,30,31)/t13-/m1/s1. The van der Waals surface area contributed by atoms with Crippen molar-refractivity contribution in [1.29, 1.82) is 0 Å². The van der Waals surface area contributed by atoms with Gasteiger partial charge in [-0.2, -0.15) is 8.42 Å². The molecule has 12 nitrogen and oxygen atoms in total. The molecule has 1 saturated carbocycles. The van der Waals surface area contributed by atoms with E-state index >= 15 is 4.39 Å². The van der Waals surface area contributed by atoms with Gasteiger partial charge in [-0.1, -0.05) is 12.8 Å². The second kappa shape index (κ2) is 8.98. The summed E-state index contributed by atoms with van der Waals surface area (Å²) in [6.45, 7) is 4.64. The van der Waals surface area contributed by atoms with Crippen molar-refractivity contribution in [1.82, 2.24) is 9.62 Å². The van der Waals surface area contributed by atoms with Crippen LogP contribution in [0.15, 0.2) is 6.07 Å². The SMILES string of the molecule is CC(C)(C)OC(=O)N(CCC1CC1)C[C@H]1Cc2c(cc(O)c(N3CC(=O)NS3(=O)=O)c2F)N1C(=O)O. The Bertz CT molecular complexity index is 1210. The number of carboxylic acid groups (broad SMARTS) is 1. The van der Waals surface area contributed by atoms with E-state index in [-0.39, 0.29) is 24.2 Å². The Labute approximate surface area is 207 Å². The lowest BCUT2D eigenvalue weighted by molar-refractivity contribution is -0.117.